The average molecular weight is 329 g/mol. The molecular formula is C12H13ClN4OS2. The monoisotopic (exact) mass is 328 g/mol. The molecule has 8 heteroatoms. The van der Waals surface area contributed by atoms with Crippen molar-refractivity contribution < 1.29 is 4.79 Å². The SMILES string of the molecule is CNC(=O)N(C)c1nnc(SCc2cccc(Cl)c2)s1. The smallest absolute Gasteiger partial charge is 0.323 e. The van der Waals surface area contributed by atoms with E-state index in [1.165, 1.54) is 16.2 Å². The Morgan fingerprint density at radius 2 is 2.30 bits per heavy atom. The maximum atomic E-state index is 11.5. The van der Waals surface area contributed by atoms with Gasteiger partial charge >= 0.3 is 6.03 Å². The summed E-state index contributed by atoms with van der Waals surface area (Å²) >= 11 is 8.89. The Bertz CT molecular complexity index is 605. The molecule has 0 saturated heterocycles. The lowest BCUT2D eigenvalue weighted by molar-refractivity contribution is 0.249. The van der Waals surface area contributed by atoms with Gasteiger partial charge in [0.1, 0.15) is 0 Å². The van der Waals surface area contributed by atoms with E-state index in [1.807, 2.05) is 24.3 Å². The molecule has 0 atom stereocenters. The van der Waals surface area contributed by atoms with Crippen molar-refractivity contribution in [2.24, 2.45) is 0 Å². The van der Waals surface area contributed by atoms with E-state index in [4.69, 9.17) is 11.6 Å². The number of nitrogens with one attached hydrogen (secondary N) is 1. The van der Waals surface area contributed by atoms with E-state index >= 15 is 0 Å². The summed E-state index contributed by atoms with van der Waals surface area (Å²) in [4.78, 5) is 12.9. The number of rotatable bonds is 4. The van der Waals surface area contributed by atoms with Crippen LogP contribution in [0.25, 0.3) is 0 Å². The van der Waals surface area contributed by atoms with Crippen molar-refractivity contribution in [2.45, 2.75) is 10.1 Å². The summed E-state index contributed by atoms with van der Waals surface area (Å²) in [7, 11) is 3.24. The van der Waals surface area contributed by atoms with E-state index in [2.05, 4.69) is 15.5 Å². The van der Waals surface area contributed by atoms with Crippen LogP contribution < -0.4 is 10.2 Å². The number of thioether (sulfide) groups is 1. The first-order chi connectivity index (χ1) is 9.60. The third kappa shape index (κ3) is 3.84. The minimum atomic E-state index is -0.215. The van der Waals surface area contributed by atoms with Gasteiger partial charge in [-0.2, -0.15) is 0 Å². The van der Waals surface area contributed by atoms with Gasteiger partial charge in [-0.05, 0) is 17.7 Å². The van der Waals surface area contributed by atoms with Gasteiger partial charge in [0.15, 0.2) is 4.34 Å². The first-order valence-electron chi connectivity index (χ1n) is 5.76. The van der Waals surface area contributed by atoms with Gasteiger partial charge in [-0.25, -0.2) is 4.79 Å². The van der Waals surface area contributed by atoms with Crippen molar-refractivity contribution in [1.82, 2.24) is 15.5 Å². The molecule has 0 aliphatic heterocycles. The number of carbonyl (C=O) groups excluding carboxylic acids is 1. The predicted octanol–water partition coefficient (Wildman–Crippen LogP) is 3.26. The van der Waals surface area contributed by atoms with Crippen LogP contribution in [-0.4, -0.2) is 30.3 Å². The highest BCUT2D eigenvalue weighted by molar-refractivity contribution is 8.00. The minimum Gasteiger partial charge on any atom is -0.341 e. The molecule has 2 aromatic rings. The molecule has 1 aromatic carbocycles. The topological polar surface area (TPSA) is 58.1 Å². The lowest BCUT2D eigenvalue weighted by atomic mass is 10.2. The molecule has 0 unspecified atom stereocenters. The third-order valence-corrected chi connectivity index (χ3v) is 4.89. The second kappa shape index (κ2) is 6.92. The first kappa shape index (κ1) is 15.1. The summed E-state index contributed by atoms with van der Waals surface area (Å²) in [6.07, 6.45) is 0. The van der Waals surface area contributed by atoms with Crippen LogP contribution in [0.1, 0.15) is 5.56 Å². The van der Waals surface area contributed by atoms with Crippen LogP contribution in [0.2, 0.25) is 5.02 Å². The normalized spacial score (nSPS) is 10.3. The molecule has 0 radical (unpaired) electrons. The number of benzene rings is 1. The number of carbonyl (C=O) groups is 1. The summed E-state index contributed by atoms with van der Waals surface area (Å²) in [6.45, 7) is 0. The molecule has 0 spiro atoms. The molecule has 20 heavy (non-hydrogen) atoms. The van der Waals surface area contributed by atoms with Gasteiger partial charge in [0.05, 0.1) is 0 Å². The molecule has 1 N–H and O–H groups in total. The van der Waals surface area contributed by atoms with E-state index in [0.717, 1.165) is 20.7 Å². The Morgan fingerprint density at radius 1 is 1.50 bits per heavy atom. The number of halogens is 1. The zero-order valence-electron chi connectivity index (χ0n) is 11.0. The summed E-state index contributed by atoms with van der Waals surface area (Å²) in [6, 6.07) is 7.48. The number of amides is 2. The Labute approximate surface area is 130 Å². The van der Waals surface area contributed by atoms with Crippen molar-refractivity contribution in [3.63, 3.8) is 0 Å². The van der Waals surface area contributed by atoms with Crippen LogP contribution in [0.4, 0.5) is 9.93 Å². The maximum absolute atomic E-state index is 11.5. The van der Waals surface area contributed by atoms with Crippen LogP contribution in [-0.2, 0) is 5.75 Å². The average Bonchev–Trinajstić information content (AvgIpc) is 2.92. The van der Waals surface area contributed by atoms with E-state index in [1.54, 1.807) is 25.9 Å². The van der Waals surface area contributed by atoms with Crippen molar-refractivity contribution >= 4 is 45.9 Å². The molecular weight excluding hydrogens is 316 g/mol. The quantitative estimate of drug-likeness (QED) is 0.691. The molecule has 0 aliphatic carbocycles. The van der Waals surface area contributed by atoms with Crippen LogP contribution >= 0.6 is 34.7 Å². The van der Waals surface area contributed by atoms with Crippen LogP contribution in [0, 0.1) is 0 Å². The number of aromatic nitrogens is 2. The van der Waals surface area contributed by atoms with Crippen molar-refractivity contribution in [3.8, 4) is 0 Å². The molecule has 1 aromatic heterocycles. The fourth-order valence-corrected chi connectivity index (χ4v) is 3.38. The minimum absolute atomic E-state index is 0.215. The van der Waals surface area contributed by atoms with Gasteiger partial charge in [-0.15, -0.1) is 10.2 Å². The predicted molar refractivity (Wildman–Crippen MR) is 83.8 cm³/mol. The third-order valence-electron chi connectivity index (χ3n) is 2.45. The van der Waals surface area contributed by atoms with Crippen molar-refractivity contribution in [3.05, 3.63) is 34.9 Å². The summed E-state index contributed by atoms with van der Waals surface area (Å²) in [5, 5.41) is 11.9. The number of nitrogens with zero attached hydrogens (tertiary/aromatic N) is 3. The van der Waals surface area contributed by atoms with Crippen molar-refractivity contribution in [1.29, 1.82) is 0 Å². The second-order valence-corrected chi connectivity index (χ2v) is 6.50. The molecule has 106 valence electrons. The fraction of sp³-hybridized carbons (Fsp3) is 0.250. The fourth-order valence-electron chi connectivity index (χ4n) is 1.42. The largest absolute Gasteiger partial charge is 0.341 e. The Balaban J connectivity index is 1.98. The number of hydrogen-bond acceptors (Lipinski definition) is 5. The van der Waals surface area contributed by atoms with E-state index in [9.17, 15) is 4.79 Å². The standard InChI is InChI=1S/C12H13ClN4OS2/c1-14-10(18)17(2)11-15-16-12(20-11)19-7-8-4-3-5-9(13)6-8/h3-6H,7H2,1-2H3,(H,14,18). The van der Waals surface area contributed by atoms with Crippen LogP contribution in [0.3, 0.4) is 0 Å². The van der Waals surface area contributed by atoms with E-state index < -0.39 is 0 Å². The van der Waals surface area contributed by atoms with E-state index in [-0.39, 0.29) is 6.03 Å². The Kier molecular flexibility index (Phi) is 5.22. The van der Waals surface area contributed by atoms with Gasteiger partial charge < -0.3 is 5.32 Å². The zero-order chi connectivity index (χ0) is 14.5. The van der Waals surface area contributed by atoms with Gasteiger partial charge in [-0.3, -0.25) is 4.90 Å². The van der Waals surface area contributed by atoms with Gasteiger partial charge in [-0.1, -0.05) is 46.8 Å². The lowest BCUT2D eigenvalue weighted by Gasteiger charge is -2.10. The summed E-state index contributed by atoms with van der Waals surface area (Å²) < 4.78 is 0.815. The number of anilines is 1. The molecule has 0 bridgehead atoms. The lowest BCUT2D eigenvalue weighted by Crippen LogP contribution is -2.34. The van der Waals surface area contributed by atoms with E-state index in [0.29, 0.717) is 5.13 Å². The first-order valence-corrected chi connectivity index (χ1v) is 7.94. The van der Waals surface area contributed by atoms with Crippen LogP contribution in [0.15, 0.2) is 28.6 Å². The van der Waals surface area contributed by atoms with Gasteiger partial charge in [0.2, 0.25) is 5.13 Å². The maximum Gasteiger partial charge on any atom is 0.323 e. The molecule has 0 fully saturated rings. The highest BCUT2D eigenvalue weighted by Crippen LogP contribution is 2.30. The molecule has 1 heterocycles. The second-order valence-electron chi connectivity index (χ2n) is 3.88. The van der Waals surface area contributed by atoms with Crippen molar-refractivity contribution in [2.75, 3.05) is 19.0 Å². The Morgan fingerprint density at radius 3 is 3.00 bits per heavy atom. The van der Waals surface area contributed by atoms with Gasteiger partial charge in [0, 0.05) is 24.9 Å². The molecule has 5 nitrogen and oxygen atoms in total. The van der Waals surface area contributed by atoms with Gasteiger partial charge in [0.25, 0.3) is 0 Å². The van der Waals surface area contributed by atoms with Crippen LogP contribution in [0.5, 0.6) is 0 Å². The molecule has 0 saturated carbocycles. The number of hydrogen-bond donors (Lipinski definition) is 1. The Hall–Kier alpha value is -1.31. The zero-order valence-corrected chi connectivity index (χ0v) is 13.3. The molecule has 2 rings (SSSR count). The number of urea groups is 1. The molecule has 0 aliphatic rings. The highest BCUT2D eigenvalue weighted by atomic mass is 35.5. The highest BCUT2D eigenvalue weighted by Gasteiger charge is 2.14. The summed E-state index contributed by atoms with van der Waals surface area (Å²) in [5.74, 6) is 0.763. The summed E-state index contributed by atoms with van der Waals surface area (Å²) in [5.41, 5.74) is 1.12. The molecule has 2 amide bonds.